The van der Waals surface area contributed by atoms with Crippen LogP contribution in [0.4, 0.5) is 0 Å². The first kappa shape index (κ1) is 10.4. The van der Waals surface area contributed by atoms with E-state index in [1.54, 1.807) is 0 Å². The van der Waals surface area contributed by atoms with Gasteiger partial charge < -0.3 is 4.90 Å². The molecule has 0 amide bonds. The van der Waals surface area contributed by atoms with Crippen molar-refractivity contribution in [2.24, 2.45) is 0 Å². The maximum atomic E-state index is 4.21. The average Bonchev–Trinajstić information content (AvgIpc) is 2.88. The molecular weight excluding hydrogens is 166 g/mol. The molecule has 0 saturated heterocycles. The highest BCUT2D eigenvalue weighted by Gasteiger charge is 2.26. The van der Waals surface area contributed by atoms with E-state index in [4.69, 9.17) is 0 Å². The summed E-state index contributed by atoms with van der Waals surface area (Å²) >= 11 is 4.21. The van der Waals surface area contributed by atoms with Gasteiger partial charge in [0.2, 0.25) is 0 Å². The van der Waals surface area contributed by atoms with E-state index in [0.29, 0.717) is 0 Å². The van der Waals surface area contributed by atoms with Crippen LogP contribution < -0.4 is 0 Å². The van der Waals surface area contributed by atoms with Crippen molar-refractivity contribution < 1.29 is 0 Å². The molecule has 0 heterocycles. The lowest BCUT2D eigenvalue weighted by Gasteiger charge is -2.19. The van der Waals surface area contributed by atoms with Crippen LogP contribution in [0.5, 0.6) is 0 Å². The standard InChI is InChI=1S/C10H21NS/c1-2-11(10-6-7-10)8-4-3-5-9-12/h10,12H,2-9H2,1H3. The van der Waals surface area contributed by atoms with Gasteiger partial charge in [0.25, 0.3) is 0 Å². The van der Waals surface area contributed by atoms with E-state index in [9.17, 15) is 0 Å². The Morgan fingerprint density at radius 2 is 2.00 bits per heavy atom. The molecular formula is C10H21NS. The molecule has 12 heavy (non-hydrogen) atoms. The topological polar surface area (TPSA) is 3.24 Å². The molecule has 1 aliphatic carbocycles. The van der Waals surface area contributed by atoms with Gasteiger partial charge in [-0.15, -0.1) is 0 Å². The molecule has 0 atom stereocenters. The molecule has 0 N–H and O–H groups in total. The number of nitrogens with zero attached hydrogens (tertiary/aromatic N) is 1. The predicted octanol–water partition coefficient (Wildman–Crippen LogP) is 2.57. The summed E-state index contributed by atoms with van der Waals surface area (Å²) in [5.41, 5.74) is 0. The van der Waals surface area contributed by atoms with Crippen LogP contribution in [-0.4, -0.2) is 29.8 Å². The molecule has 1 fully saturated rings. The molecule has 0 aromatic heterocycles. The quantitative estimate of drug-likeness (QED) is 0.473. The number of hydrogen-bond acceptors (Lipinski definition) is 2. The second kappa shape index (κ2) is 5.87. The molecule has 1 aliphatic rings. The smallest absolute Gasteiger partial charge is 0.00963 e. The van der Waals surface area contributed by atoms with Crippen molar-refractivity contribution in [1.82, 2.24) is 4.90 Å². The van der Waals surface area contributed by atoms with Crippen molar-refractivity contribution in [1.29, 1.82) is 0 Å². The van der Waals surface area contributed by atoms with Crippen LogP contribution in [0.25, 0.3) is 0 Å². The SMILES string of the molecule is CCN(CCCCCS)C1CC1. The van der Waals surface area contributed by atoms with E-state index in [-0.39, 0.29) is 0 Å². The van der Waals surface area contributed by atoms with Gasteiger partial charge in [0.15, 0.2) is 0 Å². The second-order valence-electron chi connectivity index (χ2n) is 3.64. The minimum absolute atomic E-state index is 0.950. The van der Waals surface area contributed by atoms with Gasteiger partial charge in [-0.1, -0.05) is 13.3 Å². The first-order valence-electron chi connectivity index (χ1n) is 5.23. The molecule has 0 aliphatic heterocycles. The Hall–Kier alpha value is 0.310. The minimum Gasteiger partial charge on any atom is -0.301 e. The van der Waals surface area contributed by atoms with E-state index in [1.165, 1.54) is 45.2 Å². The van der Waals surface area contributed by atoms with Gasteiger partial charge in [0, 0.05) is 6.04 Å². The fourth-order valence-corrected chi connectivity index (χ4v) is 1.87. The summed E-state index contributed by atoms with van der Waals surface area (Å²) in [6.07, 6.45) is 6.89. The Balaban J connectivity index is 1.95. The molecule has 2 heteroatoms. The molecule has 0 aromatic rings. The third-order valence-electron chi connectivity index (χ3n) is 2.57. The van der Waals surface area contributed by atoms with Crippen LogP contribution in [-0.2, 0) is 0 Å². The van der Waals surface area contributed by atoms with Gasteiger partial charge in [0.1, 0.15) is 0 Å². The molecule has 1 nitrogen and oxygen atoms in total. The molecule has 0 aromatic carbocycles. The lowest BCUT2D eigenvalue weighted by Crippen LogP contribution is -2.26. The summed E-state index contributed by atoms with van der Waals surface area (Å²) in [6, 6.07) is 0.950. The van der Waals surface area contributed by atoms with Crippen LogP contribution in [0.2, 0.25) is 0 Å². The zero-order valence-electron chi connectivity index (χ0n) is 8.13. The Labute approximate surface area is 81.9 Å². The fourth-order valence-electron chi connectivity index (χ4n) is 1.64. The highest BCUT2D eigenvalue weighted by Crippen LogP contribution is 2.26. The van der Waals surface area contributed by atoms with Crippen molar-refractivity contribution >= 4 is 12.6 Å². The molecule has 1 saturated carbocycles. The number of unbranched alkanes of at least 4 members (excludes halogenated alkanes) is 2. The number of rotatable bonds is 7. The summed E-state index contributed by atoms with van der Waals surface area (Å²) in [5, 5.41) is 0. The van der Waals surface area contributed by atoms with Gasteiger partial charge in [0.05, 0.1) is 0 Å². The maximum Gasteiger partial charge on any atom is 0.00963 e. The van der Waals surface area contributed by atoms with Crippen molar-refractivity contribution in [3.63, 3.8) is 0 Å². The second-order valence-corrected chi connectivity index (χ2v) is 4.09. The summed E-state index contributed by atoms with van der Waals surface area (Å²) in [4.78, 5) is 2.62. The van der Waals surface area contributed by atoms with Crippen molar-refractivity contribution in [2.75, 3.05) is 18.8 Å². The van der Waals surface area contributed by atoms with Crippen molar-refractivity contribution in [3.8, 4) is 0 Å². The molecule has 1 rings (SSSR count). The highest BCUT2D eigenvalue weighted by molar-refractivity contribution is 7.80. The van der Waals surface area contributed by atoms with E-state index in [2.05, 4.69) is 24.5 Å². The fraction of sp³-hybridized carbons (Fsp3) is 1.00. The maximum absolute atomic E-state index is 4.21. The van der Waals surface area contributed by atoms with E-state index in [1.807, 2.05) is 0 Å². The summed E-state index contributed by atoms with van der Waals surface area (Å²) < 4.78 is 0. The summed E-state index contributed by atoms with van der Waals surface area (Å²) in [6.45, 7) is 4.83. The summed E-state index contributed by atoms with van der Waals surface area (Å²) in [7, 11) is 0. The zero-order chi connectivity index (χ0) is 8.81. The zero-order valence-corrected chi connectivity index (χ0v) is 9.02. The third-order valence-corrected chi connectivity index (χ3v) is 2.89. The van der Waals surface area contributed by atoms with Crippen molar-refractivity contribution in [2.45, 2.75) is 45.1 Å². The molecule has 0 spiro atoms. The van der Waals surface area contributed by atoms with Gasteiger partial charge in [-0.25, -0.2) is 0 Å². The molecule has 0 unspecified atom stereocenters. The Kier molecular flexibility index (Phi) is 5.08. The lowest BCUT2D eigenvalue weighted by molar-refractivity contribution is 0.271. The molecule has 0 bridgehead atoms. The molecule has 0 radical (unpaired) electrons. The van der Waals surface area contributed by atoms with Gasteiger partial charge >= 0.3 is 0 Å². The van der Waals surface area contributed by atoms with Gasteiger partial charge in [-0.2, -0.15) is 12.6 Å². The molecule has 72 valence electrons. The number of thiol groups is 1. The average molecular weight is 187 g/mol. The number of hydrogen-bond donors (Lipinski definition) is 1. The van der Waals surface area contributed by atoms with Crippen LogP contribution in [0, 0.1) is 0 Å². The van der Waals surface area contributed by atoms with E-state index in [0.717, 1.165) is 11.8 Å². The highest BCUT2D eigenvalue weighted by atomic mass is 32.1. The van der Waals surface area contributed by atoms with E-state index < -0.39 is 0 Å². The first-order chi connectivity index (χ1) is 5.88. The van der Waals surface area contributed by atoms with Crippen LogP contribution in [0.15, 0.2) is 0 Å². The summed E-state index contributed by atoms with van der Waals surface area (Å²) in [5.74, 6) is 1.05. The predicted molar refractivity (Wildman–Crippen MR) is 58.0 cm³/mol. The third kappa shape index (κ3) is 3.81. The Morgan fingerprint density at radius 3 is 2.50 bits per heavy atom. The Morgan fingerprint density at radius 1 is 1.25 bits per heavy atom. The van der Waals surface area contributed by atoms with Gasteiger partial charge in [-0.3, -0.25) is 0 Å². The first-order valence-corrected chi connectivity index (χ1v) is 5.86. The largest absolute Gasteiger partial charge is 0.301 e. The van der Waals surface area contributed by atoms with E-state index >= 15 is 0 Å². The van der Waals surface area contributed by atoms with Gasteiger partial charge in [-0.05, 0) is 44.5 Å². The van der Waals surface area contributed by atoms with Crippen LogP contribution in [0.3, 0.4) is 0 Å². The monoisotopic (exact) mass is 187 g/mol. The minimum atomic E-state index is 0.950. The van der Waals surface area contributed by atoms with Crippen LogP contribution in [0.1, 0.15) is 39.0 Å². The normalized spacial score (nSPS) is 17.2. The van der Waals surface area contributed by atoms with Crippen LogP contribution >= 0.6 is 12.6 Å². The lowest BCUT2D eigenvalue weighted by atomic mass is 10.2. The Bertz CT molecular complexity index is 112. The van der Waals surface area contributed by atoms with Crippen molar-refractivity contribution in [3.05, 3.63) is 0 Å².